The highest BCUT2D eigenvalue weighted by Crippen LogP contribution is 2.37. The van der Waals surface area contributed by atoms with Crippen LogP contribution in [0.4, 0.5) is 14.5 Å². The van der Waals surface area contributed by atoms with Gasteiger partial charge in [-0.25, -0.2) is 17.2 Å². The number of nitrogens with zero attached hydrogens (tertiary/aromatic N) is 1. The minimum Gasteiger partial charge on any atom is -0.373 e. The molecule has 8 nitrogen and oxygen atoms in total. The number of halogens is 2. The van der Waals surface area contributed by atoms with Crippen LogP contribution in [0.25, 0.3) is 0 Å². The van der Waals surface area contributed by atoms with Gasteiger partial charge < -0.3 is 10.1 Å². The van der Waals surface area contributed by atoms with E-state index in [9.17, 15) is 27.3 Å². The second-order valence-corrected chi connectivity index (χ2v) is 9.19. The Morgan fingerprint density at radius 1 is 1.14 bits per heavy atom. The van der Waals surface area contributed by atoms with Crippen LogP contribution in [0.5, 0.6) is 0 Å². The molecule has 0 unspecified atom stereocenters. The predicted molar refractivity (Wildman–Crippen MR) is 101 cm³/mol. The van der Waals surface area contributed by atoms with E-state index in [-0.39, 0.29) is 23.1 Å². The SMILES string of the molecule is O=[N+]([O-])c1ccc(S(=O)(=O)N[C@@H]2[C@@H](O[C@H]3CCCNCC3)CCCC2(F)F)cc1. The molecule has 0 radical (unpaired) electrons. The van der Waals surface area contributed by atoms with Crippen molar-refractivity contribution >= 4 is 15.7 Å². The van der Waals surface area contributed by atoms with Gasteiger partial charge in [-0.2, -0.15) is 4.72 Å². The molecule has 1 aromatic carbocycles. The zero-order chi connectivity index (χ0) is 21.1. The molecule has 1 aliphatic carbocycles. The van der Waals surface area contributed by atoms with E-state index in [2.05, 4.69) is 10.0 Å². The van der Waals surface area contributed by atoms with Gasteiger partial charge in [0.1, 0.15) is 6.04 Å². The van der Waals surface area contributed by atoms with Crippen LogP contribution >= 0.6 is 0 Å². The number of nitro benzene ring substituents is 1. The summed E-state index contributed by atoms with van der Waals surface area (Å²) in [5.41, 5.74) is -0.282. The third kappa shape index (κ3) is 5.47. The highest BCUT2D eigenvalue weighted by molar-refractivity contribution is 7.89. The van der Waals surface area contributed by atoms with Crippen molar-refractivity contribution in [2.75, 3.05) is 13.1 Å². The fourth-order valence-corrected chi connectivity index (χ4v) is 5.08. The number of benzene rings is 1. The van der Waals surface area contributed by atoms with Crippen LogP contribution in [0.2, 0.25) is 0 Å². The van der Waals surface area contributed by atoms with Gasteiger partial charge in [0, 0.05) is 18.6 Å². The Bertz CT molecular complexity index is 811. The second kappa shape index (κ2) is 8.99. The van der Waals surface area contributed by atoms with Crippen molar-refractivity contribution in [2.24, 2.45) is 0 Å². The highest BCUT2D eigenvalue weighted by Gasteiger charge is 2.50. The van der Waals surface area contributed by atoms with E-state index in [0.29, 0.717) is 12.8 Å². The lowest BCUT2D eigenvalue weighted by Crippen LogP contribution is -2.58. The number of non-ortho nitro benzene ring substituents is 1. The molecule has 0 amide bonds. The first-order valence-electron chi connectivity index (χ1n) is 9.70. The predicted octanol–water partition coefficient (Wildman–Crippen LogP) is 2.59. The average molecular weight is 433 g/mol. The van der Waals surface area contributed by atoms with Crippen molar-refractivity contribution in [3.05, 3.63) is 34.4 Å². The Balaban J connectivity index is 1.78. The fourth-order valence-electron chi connectivity index (χ4n) is 3.79. The molecule has 0 aromatic heterocycles. The highest BCUT2D eigenvalue weighted by atomic mass is 32.2. The topological polar surface area (TPSA) is 111 Å². The van der Waals surface area contributed by atoms with Gasteiger partial charge in [0.15, 0.2) is 0 Å². The van der Waals surface area contributed by atoms with Crippen molar-refractivity contribution in [1.82, 2.24) is 10.0 Å². The molecule has 3 atom stereocenters. The van der Waals surface area contributed by atoms with Crippen LogP contribution in [0, 0.1) is 10.1 Å². The summed E-state index contributed by atoms with van der Waals surface area (Å²) in [6.45, 7) is 1.57. The molecular formula is C18H25F2N3O5S. The van der Waals surface area contributed by atoms with E-state index in [1.807, 2.05) is 0 Å². The molecule has 2 fully saturated rings. The monoisotopic (exact) mass is 433 g/mol. The normalized spacial score (nSPS) is 27.9. The lowest BCUT2D eigenvalue weighted by molar-refractivity contribution is -0.384. The maximum Gasteiger partial charge on any atom is 0.269 e. The van der Waals surface area contributed by atoms with Crippen LogP contribution in [0.15, 0.2) is 29.2 Å². The Kier molecular flexibility index (Phi) is 6.82. The molecule has 2 aliphatic rings. The second-order valence-electron chi connectivity index (χ2n) is 7.48. The van der Waals surface area contributed by atoms with Gasteiger partial charge in [-0.3, -0.25) is 10.1 Å². The van der Waals surface area contributed by atoms with Gasteiger partial charge in [0.2, 0.25) is 10.0 Å². The molecule has 0 bridgehead atoms. The smallest absolute Gasteiger partial charge is 0.269 e. The van der Waals surface area contributed by atoms with Gasteiger partial charge in [0.05, 0.1) is 22.0 Å². The van der Waals surface area contributed by atoms with E-state index in [1.165, 1.54) is 0 Å². The summed E-state index contributed by atoms with van der Waals surface area (Å²) in [6.07, 6.45) is 1.32. The van der Waals surface area contributed by atoms with Gasteiger partial charge in [0.25, 0.3) is 11.6 Å². The summed E-state index contributed by atoms with van der Waals surface area (Å²) in [4.78, 5) is 9.77. The molecule has 1 saturated carbocycles. The van der Waals surface area contributed by atoms with Crippen LogP contribution in [0.1, 0.15) is 38.5 Å². The standard InChI is InChI=1S/C18H25F2N3O5S/c19-18(20)10-1-4-16(28-14-3-2-11-21-12-9-14)17(18)22-29(26,27)15-7-5-13(6-8-15)23(24)25/h5-8,14,16-17,21-22H,1-4,9-12H2/t14-,16-,17+/m0/s1. The first kappa shape index (κ1) is 22.0. The summed E-state index contributed by atoms with van der Waals surface area (Å²) in [5.74, 6) is -3.25. The lowest BCUT2D eigenvalue weighted by atomic mass is 9.89. The van der Waals surface area contributed by atoms with E-state index >= 15 is 0 Å². The zero-order valence-corrected chi connectivity index (χ0v) is 16.7. The Morgan fingerprint density at radius 3 is 2.55 bits per heavy atom. The molecule has 11 heteroatoms. The molecule has 1 aromatic rings. The maximum atomic E-state index is 14.7. The lowest BCUT2D eigenvalue weighted by Gasteiger charge is -2.39. The van der Waals surface area contributed by atoms with E-state index in [4.69, 9.17) is 4.74 Å². The van der Waals surface area contributed by atoms with Crippen LogP contribution in [0.3, 0.4) is 0 Å². The minimum atomic E-state index is -4.30. The molecule has 0 spiro atoms. The third-order valence-electron chi connectivity index (χ3n) is 5.36. The molecule has 3 rings (SSSR count). The summed E-state index contributed by atoms with van der Waals surface area (Å²) in [7, 11) is -4.30. The molecule has 1 saturated heterocycles. The Morgan fingerprint density at radius 2 is 1.86 bits per heavy atom. The minimum absolute atomic E-state index is 0.199. The van der Waals surface area contributed by atoms with Crippen molar-refractivity contribution < 1.29 is 26.9 Å². The van der Waals surface area contributed by atoms with Gasteiger partial charge in [-0.05, 0) is 57.3 Å². The summed E-state index contributed by atoms with van der Waals surface area (Å²) in [5, 5.41) is 14.0. The Labute approximate surface area is 168 Å². The molecule has 1 aliphatic heterocycles. The van der Waals surface area contributed by atoms with Crippen LogP contribution in [-0.2, 0) is 14.8 Å². The van der Waals surface area contributed by atoms with Crippen LogP contribution in [-0.4, -0.2) is 50.6 Å². The number of alkyl halides is 2. The molecular weight excluding hydrogens is 408 g/mol. The zero-order valence-electron chi connectivity index (χ0n) is 15.9. The van der Waals surface area contributed by atoms with Gasteiger partial charge in [-0.15, -0.1) is 0 Å². The summed E-state index contributed by atoms with van der Waals surface area (Å²) >= 11 is 0. The van der Waals surface area contributed by atoms with Crippen molar-refractivity contribution in [2.45, 2.75) is 67.6 Å². The van der Waals surface area contributed by atoms with Crippen molar-refractivity contribution in [3.63, 3.8) is 0 Å². The number of hydrogen-bond acceptors (Lipinski definition) is 6. The fraction of sp³-hybridized carbons (Fsp3) is 0.667. The van der Waals surface area contributed by atoms with Crippen molar-refractivity contribution in [1.29, 1.82) is 0 Å². The number of nitrogens with one attached hydrogen (secondary N) is 2. The molecule has 2 N–H and O–H groups in total. The quantitative estimate of drug-likeness (QED) is 0.527. The van der Waals surface area contributed by atoms with E-state index < -0.39 is 39.4 Å². The van der Waals surface area contributed by atoms with E-state index in [0.717, 1.165) is 50.2 Å². The first-order chi connectivity index (χ1) is 13.7. The number of hydrogen-bond donors (Lipinski definition) is 2. The molecule has 162 valence electrons. The van der Waals surface area contributed by atoms with Crippen LogP contribution < -0.4 is 10.0 Å². The number of sulfonamides is 1. The van der Waals surface area contributed by atoms with Gasteiger partial charge in [-0.1, -0.05) is 0 Å². The maximum absolute atomic E-state index is 14.7. The average Bonchev–Trinajstić information content (AvgIpc) is 2.93. The summed E-state index contributed by atoms with van der Waals surface area (Å²) in [6, 6.07) is 2.44. The number of rotatable bonds is 6. The largest absolute Gasteiger partial charge is 0.373 e. The Hall–Kier alpha value is -1.69. The molecule has 1 heterocycles. The van der Waals surface area contributed by atoms with E-state index in [1.54, 1.807) is 0 Å². The number of ether oxygens (including phenoxy) is 1. The summed E-state index contributed by atoms with van der Waals surface area (Å²) < 4.78 is 62.8. The number of nitro groups is 1. The molecule has 29 heavy (non-hydrogen) atoms. The first-order valence-corrected chi connectivity index (χ1v) is 11.2. The van der Waals surface area contributed by atoms with Gasteiger partial charge >= 0.3 is 0 Å². The van der Waals surface area contributed by atoms with Crippen molar-refractivity contribution in [3.8, 4) is 0 Å². The third-order valence-corrected chi connectivity index (χ3v) is 6.81.